The van der Waals surface area contributed by atoms with E-state index in [0.29, 0.717) is 29.7 Å². The number of likely N-dealkylation sites (N-methyl/N-ethyl adjacent to an activating group) is 1. The van der Waals surface area contributed by atoms with E-state index in [1.807, 2.05) is 0 Å². The van der Waals surface area contributed by atoms with Gasteiger partial charge in [-0.3, -0.25) is 14.4 Å². The van der Waals surface area contributed by atoms with Gasteiger partial charge in [0, 0.05) is 25.7 Å². The lowest BCUT2D eigenvalue weighted by atomic mass is 10.1. The van der Waals surface area contributed by atoms with Crippen LogP contribution >= 0.6 is 0 Å². The second-order valence-corrected chi connectivity index (χ2v) is 10.0. The summed E-state index contributed by atoms with van der Waals surface area (Å²) >= 11 is 0. The van der Waals surface area contributed by atoms with Gasteiger partial charge in [0.25, 0.3) is 11.8 Å². The number of amides is 3. The van der Waals surface area contributed by atoms with Crippen LogP contribution in [0.5, 0.6) is 5.75 Å². The number of nitrogens with one attached hydrogen (secondary N) is 2. The van der Waals surface area contributed by atoms with Gasteiger partial charge in [-0.15, -0.1) is 13.2 Å². The molecule has 1 atom stereocenters. The first-order valence-corrected chi connectivity index (χ1v) is 12.8. The SMILES string of the molecule is CN1C(=O)[C@H](NC(=O)C2(NC(=O)c3ccccc3)CC2)CN(Cc2ccc(OC(F)(F)F)cc2)c2ccc(F)cc21. The maximum atomic E-state index is 14.2. The smallest absolute Gasteiger partial charge is 0.406 e. The normalized spacial score (nSPS) is 17.8. The highest BCUT2D eigenvalue weighted by Crippen LogP contribution is 2.37. The molecule has 1 saturated carbocycles. The summed E-state index contributed by atoms with van der Waals surface area (Å²) in [6.07, 6.45) is -4.03. The molecule has 1 fully saturated rings. The quantitative estimate of drug-likeness (QED) is 0.417. The van der Waals surface area contributed by atoms with E-state index in [2.05, 4.69) is 15.4 Å². The maximum Gasteiger partial charge on any atom is 0.573 e. The number of alkyl halides is 3. The molecule has 5 rings (SSSR count). The van der Waals surface area contributed by atoms with Crippen molar-refractivity contribution in [3.05, 3.63) is 89.7 Å². The van der Waals surface area contributed by atoms with Crippen molar-refractivity contribution in [3.8, 4) is 5.75 Å². The van der Waals surface area contributed by atoms with Crippen LogP contribution in [0.2, 0.25) is 0 Å². The van der Waals surface area contributed by atoms with E-state index in [0.717, 1.165) is 0 Å². The molecular weight excluding hydrogens is 544 g/mol. The predicted molar refractivity (Wildman–Crippen MR) is 142 cm³/mol. The predicted octanol–water partition coefficient (Wildman–Crippen LogP) is 4.15. The van der Waals surface area contributed by atoms with Crippen LogP contribution < -0.4 is 25.2 Å². The van der Waals surface area contributed by atoms with Crippen molar-refractivity contribution in [1.29, 1.82) is 0 Å². The number of fused-ring (bicyclic) bond motifs is 1. The van der Waals surface area contributed by atoms with E-state index in [9.17, 15) is 31.9 Å². The molecule has 1 aliphatic heterocycles. The van der Waals surface area contributed by atoms with Crippen molar-refractivity contribution in [2.24, 2.45) is 0 Å². The van der Waals surface area contributed by atoms with Crippen LogP contribution in [0.1, 0.15) is 28.8 Å². The monoisotopic (exact) mass is 570 g/mol. The van der Waals surface area contributed by atoms with E-state index >= 15 is 0 Å². The van der Waals surface area contributed by atoms with Crippen LogP contribution in [0.3, 0.4) is 0 Å². The van der Waals surface area contributed by atoms with E-state index in [4.69, 9.17) is 0 Å². The van der Waals surface area contributed by atoms with Crippen molar-refractivity contribution >= 4 is 29.1 Å². The summed E-state index contributed by atoms with van der Waals surface area (Å²) in [7, 11) is 1.47. The highest BCUT2D eigenvalue weighted by atomic mass is 19.4. The van der Waals surface area contributed by atoms with Crippen molar-refractivity contribution in [1.82, 2.24) is 10.6 Å². The maximum absolute atomic E-state index is 14.2. The zero-order valence-corrected chi connectivity index (χ0v) is 21.9. The Balaban J connectivity index is 1.37. The number of halogens is 4. The van der Waals surface area contributed by atoms with Gasteiger partial charge in [0.15, 0.2) is 0 Å². The van der Waals surface area contributed by atoms with Gasteiger partial charge < -0.3 is 25.2 Å². The Morgan fingerprint density at radius 3 is 2.32 bits per heavy atom. The molecule has 0 unspecified atom stereocenters. The summed E-state index contributed by atoms with van der Waals surface area (Å²) in [5.74, 6) is -2.37. The third-order valence-electron chi connectivity index (χ3n) is 7.08. The molecule has 0 bridgehead atoms. The van der Waals surface area contributed by atoms with Gasteiger partial charge in [0.05, 0.1) is 11.4 Å². The largest absolute Gasteiger partial charge is 0.573 e. The molecule has 3 aromatic carbocycles. The molecule has 3 amide bonds. The molecule has 12 heteroatoms. The highest BCUT2D eigenvalue weighted by Gasteiger charge is 2.52. The highest BCUT2D eigenvalue weighted by molar-refractivity contribution is 6.05. The van der Waals surface area contributed by atoms with Crippen LogP contribution in [-0.4, -0.2) is 49.3 Å². The van der Waals surface area contributed by atoms with Gasteiger partial charge in [-0.25, -0.2) is 4.39 Å². The minimum absolute atomic E-state index is 0.0168. The van der Waals surface area contributed by atoms with E-state index < -0.39 is 41.5 Å². The summed E-state index contributed by atoms with van der Waals surface area (Å²) in [4.78, 5) is 42.6. The Bertz CT molecular complexity index is 1460. The average molecular weight is 571 g/mol. The van der Waals surface area contributed by atoms with Gasteiger partial charge in [-0.05, 0) is 60.9 Å². The lowest BCUT2D eigenvalue weighted by Crippen LogP contribution is -2.57. The fourth-order valence-corrected chi connectivity index (χ4v) is 4.77. The van der Waals surface area contributed by atoms with Gasteiger partial charge in [-0.2, -0.15) is 0 Å². The molecule has 0 saturated heterocycles. The number of benzene rings is 3. The Hall–Kier alpha value is -4.61. The Labute approximate surface area is 232 Å². The summed E-state index contributed by atoms with van der Waals surface area (Å²) in [5.41, 5.74) is 0.587. The third-order valence-corrected chi connectivity index (χ3v) is 7.08. The van der Waals surface area contributed by atoms with Crippen molar-refractivity contribution in [2.75, 3.05) is 23.4 Å². The van der Waals surface area contributed by atoms with Crippen LogP contribution in [-0.2, 0) is 16.1 Å². The molecule has 214 valence electrons. The van der Waals surface area contributed by atoms with Crippen LogP contribution in [0.25, 0.3) is 0 Å². The molecule has 0 spiro atoms. The molecule has 8 nitrogen and oxygen atoms in total. The standard InChI is InChI=1S/C29H26F4N4O4/c1-36-24-15-20(30)9-12-23(24)37(16-18-7-10-21(11-8-18)41-29(31,32)33)17-22(26(36)39)34-27(40)28(13-14-28)35-25(38)19-5-3-2-4-6-19/h2-12,15,22H,13-14,16-17H2,1H3,(H,34,40)(H,35,38)/t22-/m1/s1. The molecule has 0 radical (unpaired) electrons. The van der Waals surface area contributed by atoms with Gasteiger partial charge >= 0.3 is 6.36 Å². The first kappa shape index (κ1) is 27.9. The Morgan fingerprint density at radius 2 is 1.68 bits per heavy atom. The number of rotatable bonds is 7. The van der Waals surface area contributed by atoms with Crippen molar-refractivity contribution in [3.63, 3.8) is 0 Å². The number of anilines is 2. The number of hydrogen-bond donors (Lipinski definition) is 2. The summed E-state index contributed by atoms with van der Waals surface area (Å²) in [6.45, 7) is 0.116. The zero-order valence-electron chi connectivity index (χ0n) is 21.9. The fourth-order valence-electron chi connectivity index (χ4n) is 4.77. The number of nitrogens with zero attached hydrogens (tertiary/aromatic N) is 2. The van der Waals surface area contributed by atoms with E-state index in [1.165, 1.54) is 54.4 Å². The van der Waals surface area contributed by atoms with Gasteiger partial charge in [-0.1, -0.05) is 30.3 Å². The zero-order chi connectivity index (χ0) is 29.4. The first-order valence-electron chi connectivity index (χ1n) is 12.8. The Kier molecular flexibility index (Phi) is 7.33. The number of carbonyl (C=O) groups is 3. The second kappa shape index (κ2) is 10.8. The van der Waals surface area contributed by atoms with Gasteiger partial charge in [0.1, 0.15) is 23.1 Å². The summed E-state index contributed by atoms with van der Waals surface area (Å²) in [6, 6.07) is 16.6. The molecule has 1 heterocycles. The number of hydrogen-bond acceptors (Lipinski definition) is 5. The third kappa shape index (κ3) is 6.26. The molecule has 2 N–H and O–H groups in total. The number of carbonyl (C=O) groups excluding carboxylic acids is 3. The summed E-state index contributed by atoms with van der Waals surface area (Å²) in [5, 5.41) is 5.55. The molecule has 1 aliphatic carbocycles. The molecule has 0 aromatic heterocycles. The summed E-state index contributed by atoms with van der Waals surface area (Å²) < 4.78 is 55.9. The van der Waals surface area contributed by atoms with Crippen molar-refractivity contribution in [2.45, 2.75) is 37.3 Å². The topological polar surface area (TPSA) is 91.0 Å². The number of ether oxygens (including phenoxy) is 1. The average Bonchev–Trinajstić information content (AvgIpc) is 3.73. The van der Waals surface area contributed by atoms with Gasteiger partial charge in [0.2, 0.25) is 5.91 Å². The molecule has 3 aromatic rings. The minimum Gasteiger partial charge on any atom is -0.406 e. The van der Waals surface area contributed by atoms with Crippen LogP contribution in [0, 0.1) is 5.82 Å². The first-order chi connectivity index (χ1) is 19.4. The minimum atomic E-state index is -4.83. The van der Waals surface area contributed by atoms with E-state index in [1.54, 1.807) is 35.2 Å². The second-order valence-electron chi connectivity index (χ2n) is 10.0. The van der Waals surface area contributed by atoms with Crippen LogP contribution in [0.4, 0.5) is 28.9 Å². The Morgan fingerprint density at radius 1 is 1.00 bits per heavy atom. The fraction of sp³-hybridized carbons (Fsp3) is 0.276. The van der Waals surface area contributed by atoms with Crippen LogP contribution in [0.15, 0.2) is 72.8 Å². The molecule has 2 aliphatic rings. The molecule has 41 heavy (non-hydrogen) atoms. The van der Waals surface area contributed by atoms with E-state index in [-0.39, 0.29) is 24.5 Å². The lowest BCUT2D eigenvalue weighted by Gasteiger charge is -2.28. The lowest BCUT2D eigenvalue weighted by molar-refractivity contribution is -0.274. The van der Waals surface area contributed by atoms with Crippen molar-refractivity contribution < 1.29 is 36.7 Å². The molecular formula is C29H26F4N4O4.